The Kier molecular flexibility index (Phi) is 9.26. The molecule has 4 rings (SSSR count). The van der Waals surface area contributed by atoms with E-state index in [0.717, 1.165) is 11.1 Å². The van der Waals surface area contributed by atoms with Gasteiger partial charge in [-0.3, -0.25) is 9.59 Å². The molecule has 0 aliphatic heterocycles. The number of ether oxygens (including phenoxy) is 1. The molecule has 4 aromatic rings. The smallest absolute Gasteiger partial charge is 0.327 e. The van der Waals surface area contributed by atoms with Crippen LogP contribution < -0.4 is 15.4 Å². The normalized spacial score (nSPS) is 12.2. The molecule has 0 aliphatic carbocycles. The maximum absolute atomic E-state index is 13.4. The van der Waals surface area contributed by atoms with Crippen molar-refractivity contribution in [3.63, 3.8) is 0 Å². The van der Waals surface area contributed by atoms with Crippen LogP contribution in [-0.2, 0) is 9.59 Å². The molecular formula is C33H30N2O5S. The van der Waals surface area contributed by atoms with Crippen molar-refractivity contribution in [1.82, 2.24) is 10.6 Å². The van der Waals surface area contributed by atoms with E-state index in [1.54, 1.807) is 50.2 Å². The SMILES string of the molecule is CC(C)(S)C(NC(=O)C(=Cc1cccc(Oc2ccccc2)c1)NC(=O)c1ccc(-c2ccccc2)cc1)C(=O)O. The van der Waals surface area contributed by atoms with Crippen LogP contribution in [0.2, 0.25) is 0 Å². The highest BCUT2D eigenvalue weighted by Crippen LogP contribution is 2.24. The zero-order chi connectivity index (χ0) is 29.4. The number of para-hydroxylation sites is 1. The Morgan fingerprint density at radius 2 is 1.39 bits per heavy atom. The van der Waals surface area contributed by atoms with Crippen LogP contribution in [-0.4, -0.2) is 33.7 Å². The number of aliphatic carboxylic acids is 1. The first-order valence-corrected chi connectivity index (χ1v) is 13.3. The topological polar surface area (TPSA) is 105 Å². The first-order valence-electron chi connectivity index (χ1n) is 12.9. The van der Waals surface area contributed by atoms with Gasteiger partial charge in [-0.1, -0.05) is 72.8 Å². The average Bonchev–Trinajstić information content (AvgIpc) is 2.96. The van der Waals surface area contributed by atoms with Gasteiger partial charge in [-0.2, -0.15) is 12.6 Å². The van der Waals surface area contributed by atoms with Gasteiger partial charge in [0.25, 0.3) is 11.8 Å². The van der Waals surface area contributed by atoms with Crippen LogP contribution in [0.4, 0.5) is 0 Å². The lowest BCUT2D eigenvalue weighted by Crippen LogP contribution is -2.53. The summed E-state index contributed by atoms with van der Waals surface area (Å²) in [5, 5.41) is 14.8. The van der Waals surface area contributed by atoms with E-state index < -0.39 is 28.6 Å². The van der Waals surface area contributed by atoms with Crippen molar-refractivity contribution in [1.29, 1.82) is 0 Å². The Balaban J connectivity index is 1.62. The molecular weight excluding hydrogens is 536 g/mol. The molecule has 41 heavy (non-hydrogen) atoms. The van der Waals surface area contributed by atoms with Crippen LogP contribution in [0.1, 0.15) is 29.8 Å². The van der Waals surface area contributed by atoms with Crippen LogP contribution in [0.25, 0.3) is 17.2 Å². The molecule has 7 nitrogen and oxygen atoms in total. The minimum atomic E-state index is -1.32. The van der Waals surface area contributed by atoms with Crippen molar-refractivity contribution < 1.29 is 24.2 Å². The van der Waals surface area contributed by atoms with Gasteiger partial charge in [-0.15, -0.1) is 0 Å². The first-order chi connectivity index (χ1) is 19.6. The molecule has 3 N–H and O–H groups in total. The van der Waals surface area contributed by atoms with E-state index in [1.165, 1.54) is 6.08 Å². The van der Waals surface area contributed by atoms with Crippen LogP contribution in [0.15, 0.2) is 115 Å². The minimum Gasteiger partial charge on any atom is -0.480 e. The van der Waals surface area contributed by atoms with Crippen molar-refractivity contribution in [2.24, 2.45) is 0 Å². The fraction of sp³-hybridized carbons (Fsp3) is 0.121. The van der Waals surface area contributed by atoms with E-state index in [0.29, 0.717) is 22.6 Å². The monoisotopic (exact) mass is 566 g/mol. The number of thiol groups is 1. The second-order valence-electron chi connectivity index (χ2n) is 9.84. The van der Waals surface area contributed by atoms with Gasteiger partial charge in [-0.05, 0) is 73.0 Å². The fourth-order valence-corrected chi connectivity index (χ4v) is 4.18. The van der Waals surface area contributed by atoms with E-state index >= 15 is 0 Å². The molecule has 1 atom stereocenters. The van der Waals surface area contributed by atoms with Crippen LogP contribution in [0, 0.1) is 0 Å². The number of benzene rings is 4. The molecule has 2 amide bonds. The highest BCUT2D eigenvalue weighted by atomic mass is 32.1. The molecule has 0 saturated heterocycles. The van der Waals surface area contributed by atoms with Gasteiger partial charge in [0.1, 0.15) is 23.2 Å². The first kappa shape index (κ1) is 29.2. The molecule has 208 valence electrons. The number of hydrogen-bond acceptors (Lipinski definition) is 5. The predicted molar refractivity (Wildman–Crippen MR) is 163 cm³/mol. The van der Waals surface area contributed by atoms with Gasteiger partial charge in [0.15, 0.2) is 0 Å². The minimum absolute atomic E-state index is 0.136. The van der Waals surface area contributed by atoms with Crippen LogP contribution in [0.5, 0.6) is 11.5 Å². The Bertz CT molecular complexity index is 1550. The Hall–Kier alpha value is -4.82. The van der Waals surface area contributed by atoms with Crippen LogP contribution >= 0.6 is 12.6 Å². The summed E-state index contributed by atoms with van der Waals surface area (Å²) < 4.78 is 4.82. The highest BCUT2D eigenvalue weighted by molar-refractivity contribution is 7.81. The lowest BCUT2D eigenvalue weighted by atomic mass is 10.0. The van der Waals surface area contributed by atoms with Gasteiger partial charge in [-0.25, -0.2) is 4.79 Å². The number of hydrogen-bond donors (Lipinski definition) is 4. The molecule has 0 fully saturated rings. The van der Waals surface area contributed by atoms with E-state index in [9.17, 15) is 19.5 Å². The molecule has 1 unspecified atom stereocenters. The lowest BCUT2D eigenvalue weighted by molar-refractivity contribution is -0.142. The second kappa shape index (κ2) is 13.0. The predicted octanol–water partition coefficient (Wildman–Crippen LogP) is 6.19. The van der Waals surface area contributed by atoms with Crippen molar-refractivity contribution in [3.8, 4) is 22.6 Å². The summed E-state index contributed by atoms with van der Waals surface area (Å²) in [4.78, 5) is 38.5. The number of carbonyl (C=O) groups excluding carboxylic acids is 2. The summed E-state index contributed by atoms with van der Waals surface area (Å²) >= 11 is 4.34. The Labute approximate surface area is 244 Å². The number of amides is 2. The number of nitrogens with one attached hydrogen (secondary N) is 2. The molecule has 8 heteroatoms. The summed E-state index contributed by atoms with van der Waals surface area (Å²) in [5.74, 6) is -1.40. The molecule has 0 bridgehead atoms. The standard InChI is InChI=1S/C33H30N2O5S/c1-33(2,41)29(32(38)39)35-31(37)28(21-22-10-9-15-27(20-22)40-26-13-7-4-8-14-26)34-30(36)25-18-16-24(17-19-25)23-11-5-3-6-12-23/h3-21,29,41H,1-2H3,(H,34,36)(H,35,37)(H,38,39). The number of carboxylic acids is 1. The van der Waals surface area contributed by atoms with Gasteiger partial charge in [0.05, 0.1) is 0 Å². The fourth-order valence-electron chi connectivity index (χ4n) is 4.01. The molecule has 4 aromatic carbocycles. The summed E-state index contributed by atoms with van der Waals surface area (Å²) in [7, 11) is 0. The maximum Gasteiger partial charge on any atom is 0.327 e. The molecule has 0 spiro atoms. The molecule has 0 heterocycles. The van der Waals surface area contributed by atoms with Crippen molar-refractivity contribution in [3.05, 3.63) is 126 Å². The summed E-state index contributed by atoms with van der Waals surface area (Å²) in [6.07, 6.45) is 1.47. The Morgan fingerprint density at radius 1 is 0.805 bits per heavy atom. The van der Waals surface area contributed by atoms with Gasteiger partial charge in [0.2, 0.25) is 0 Å². The molecule has 0 aromatic heterocycles. The number of rotatable bonds is 10. The average molecular weight is 567 g/mol. The number of carbonyl (C=O) groups is 3. The van der Waals surface area contributed by atoms with E-state index in [-0.39, 0.29) is 5.70 Å². The van der Waals surface area contributed by atoms with Crippen molar-refractivity contribution in [2.75, 3.05) is 0 Å². The molecule has 0 aliphatic rings. The summed E-state index contributed by atoms with van der Waals surface area (Å²) in [5.41, 5.74) is 2.69. The van der Waals surface area contributed by atoms with Crippen LogP contribution in [0.3, 0.4) is 0 Å². The molecule has 0 saturated carbocycles. The van der Waals surface area contributed by atoms with E-state index in [1.807, 2.05) is 72.8 Å². The van der Waals surface area contributed by atoms with Crippen molar-refractivity contribution >= 4 is 36.5 Å². The summed E-state index contributed by atoms with van der Waals surface area (Å²) in [6.45, 7) is 3.16. The highest BCUT2D eigenvalue weighted by Gasteiger charge is 2.34. The van der Waals surface area contributed by atoms with E-state index in [4.69, 9.17) is 4.74 Å². The third-order valence-electron chi connectivity index (χ3n) is 6.12. The van der Waals surface area contributed by atoms with Crippen molar-refractivity contribution in [2.45, 2.75) is 24.6 Å². The zero-order valence-corrected chi connectivity index (χ0v) is 23.5. The van der Waals surface area contributed by atoms with Gasteiger partial charge < -0.3 is 20.5 Å². The zero-order valence-electron chi connectivity index (χ0n) is 22.6. The quantitative estimate of drug-likeness (QED) is 0.135. The lowest BCUT2D eigenvalue weighted by Gasteiger charge is -2.27. The third-order valence-corrected chi connectivity index (χ3v) is 6.38. The van der Waals surface area contributed by atoms with E-state index in [2.05, 4.69) is 23.3 Å². The van der Waals surface area contributed by atoms with Gasteiger partial charge in [0, 0.05) is 10.3 Å². The Morgan fingerprint density at radius 3 is 2.00 bits per heavy atom. The molecule has 0 radical (unpaired) electrons. The summed E-state index contributed by atoms with van der Waals surface area (Å²) in [6, 6.07) is 31.6. The number of carboxylic acid groups (broad SMARTS) is 1. The largest absolute Gasteiger partial charge is 0.480 e. The van der Waals surface area contributed by atoms with Gasteiger partial charge >= 0.3 is 5.97 Å². The second-order valence-corrected chi connectivity index (χ2v) is 11.0. The maximum atomic E-state index is 13.4. The third kappa shape index (κ3) is 8.09.